The van der Waals surface area contributed by atoms with Crippen molar-refractivity contribution < 1.29 is 0 Å². The molecular formula is C15H18N2. The van der Waals surface area contributed by atoms with Crippen LogP contribution in [-0.4, -0.2) is 6.54 Å². The first kappa shape index (κ1) is 11.5. The van der Waals surface area contributed by atoms with Gasteiger partial charge in [-0.1, -0.05) is 30.3 Å². The first-order valence-electron chi connectivity index (χ1n) is 5.89. The summed E-state index contributed by atoms with van der Waals surface area (Å²) in [6, 6.07) is 16.4. The molecule has 0 aromatic heterocycles. The van der Waals surface area contributed by atoms with Crippen molar-refractivity contribution in [2.45, 2.75) is 13.3 Å². The summed E-state index contributed by atoms with van der Waals surface area (Å²) < 4.78 is 0. The van der Waals surface area contributed by atoms with Gasteiger partial charge in [0.25, 0.3) is 0 Å². The Hall–Kier alpha value is -1.96. The van der Waals surface area contributed by atoms with Gasteiger partial charge >= 0.3 is 0 Å². The van der Waals surface area contributed by atoms with Crippen molar-refractivity contribution in [1.29, 1.82) is 0 Å². The van der Waals surface area contributed by atoms with Crippen LogP contribution in [0.1, 0.15) is 11.1 Å². The third-order valence-electron chi connectivity index (χ3n) is 2.82. The van der Waals surface area contributed by atoms with Crippen LogP contribution < -0.4 is 11.1 Å². The maximum atomic E-state index is 5.72. The van der Waals surface area contributed by atoms with Crippen molar-refractivity contribution in [1.82, 2.24) is 0 Å². The molecule has 0 fully saturated rings. The summed E-state index contributed by atoms with van der Waals surface area (Å²) in [6.45, 7) is 3.01. The van der Waals surface area contributed by atoms with Gasteiger partial charge in [-0.2, -0.15) is 0 Å². The van der Waals surface area contributed by atoms with E-state index in [1.54, 1.807) is 0 Å². The topological polar surface area (TPSA) is 38.0 Å². The lowest BCUT2D eigenvalue weighted by Gasteiger charge is -2.10. The van der Waals surface area contributed by atoms with E-state index in [0.717, 1.165) is 24.3 Å². The second-order valence-electron chi connectivity index (χ2n) is 4.24. The molecule has 0 unspecified atom stereocenters. The van der Waals surface area contributed by atoms with E-state index in [1.165, 1.54) is 11.1 Å². The van der Waals surface area contributed by atoms with Crippen LogP contribution in [0.4, 0.5) is 11.4 Å². The first-order chi connectivity index (χ1) is 8.25. The van der Waals surface area contributed by atoms with Gasteiger partial charge in [-0.05, 0) is 42.7 Å². The highest BCUT2D eigenvalue weighted by Gasteiger charge is 1.98. The molecule has 88 valence electrons. The SMILES string of the molecule is Cc1cc(N)ccc1NCCc1ccccc1. The van der Waals surface area contributed by atoms with E-state index >= 15 is 0 Å². The average molecular weight is 226 g/mol. The third-order valence-corrected chi connectivity index (χ3v) is 2.82. The molecule has 2 heteroatoms. The quantitative estimate of drug-likeness (QED) is 0.785. The molecule has 17 heavy (non-hydrogen) atoms. The largest absolute Gasteiger partial charge is 0.399 e. The minimum absolute atomic E-state index is 0.816. The number of aryl methyl sites for hydroxylation is 1. The lowest BCUT2D eigenvalue weighted by atomic mass is 10.1. The average Bonchev–Trinajstić information content (AvgIpc) is 2.33. The molecule has 0 aliphatic rings. The van der Waals surface area contributed by atoms with Crippen LogP contribution >= 0.6 is 0 Å². The summed E-state index contributed by atoms with van der Waals surface area (Å²) in [5.41, 5.74) is 10.2. The predicted octanol–water partition coefficient (Wildman–Crippen LogP) is 3.23. The molecule has 3 N–H and O–H groups in total. The van der Waals surface area contributed by atoms with Crippen molar-refractivity contribution in [3.05, 3.63) is 59.7 Å². The van der Waals surface area contributed by atoms with Gasteiger partial charge in [0.15, 0.2) is 0 Å². The fourth-order valence-electron chi connectivity index (χ4n) is 1.87. The zero-order valence-corrected chi connectivity index (χ0v) is 10.1. The Kier molecular flexibility index (Phi) is 3.66. The molecule has 0 saturated carbocycles. The fraction of sp³-hybridized carbons (Fsp3) is 0.200. The van der Waals surface area contributed by atoms with Gasteiger partial charge < -0.3 is 11.1 Å². The number of hydrogen-bond acceptors (Lipinski definition) is 2. The van der Waals surface area contributed by atoms with Crippen LogP contribution in [0.2, 0.25) is 0 Å². The van der Waals surface area contributed by atoms with Gasteiger partial charge in [0.05, 0.1) is 0 Å². The van der Waals surface area contributed by atoms with Gasteiger partial charge in [-0.15, -0.1) is 0 Å². The second-order valence-corrected chi connectivity index (χ2v) is 4.24. The molecule has 0 bridgehead atoms. The maximum Gasteiger partial charge on any atom is 0.0371 e. The molecule has 2 rings (SSSR count). The van der Waals surface area contributed by atoms with E-state index in [-0.39, 0.29) is 0 Å². The fourth-order valence-corrected chi connectivity index (χ4v) is 1.87. The van der Waals surface area contributed by atoms with Crippen LogP contribution in [0.5, 0.6) is 0 Å². The minimum atomic E-state index is 0.816. The van der Waals surface area contributed by atoms with E-state index < -0.39 is 0 Å². The molecule has 0 spiro atoms. The smallest absolute Gasteiger partial charge is 0.0371 e. The summed E-state index contributed by atoms with van der Waals surface area (Å²) >= 11 is 0. The number of hydrogen-bond donors (Lipinski definition) is 2. The predicted molar refractivity (Wildman–Crippen MR) is 74.2 cm³/mol. The molecule has 0 aliphatic heterocycles. The number of nitrogens with two attached hydrogens (primary N) is 1. The Balaban J connectivity index is 1.90. The molecule has 0 heterocycles. The number of nitrogens with one attached hydrogen (secondary N) is 1. The summed E-state index contributed by atoms with van der Waals surface area (Å²) in [7, 11) is 0. The van der Waals surface area contributed by atoms with E-state index in [2.05, 4.69) is 36.5 Å². The lowest BCUT2D eigenvalue weighted by molar-refractivity contribution is 1.02. The normalized spacial score (nSPS) is 10.2. The minimum Gasteiger partial charge on any atom is -0.399 e. The zero-order valence-electron chi connectivity index (χ0n) is 10.1. The van der Waals surface area contributed by atoms with E-state index in [1.807, 2.05) is 24.3 Å². The zero-order chi connectivity index (χ0) is 12.1. The highest BCUT2D eigenvalue weighted by atomic mass is 14.9. The monoisotopic (exact) mass is 226 g/mol. The molecule has 2 aromatic carbocycles. The van der Waals surface area contributed by atoms with E-state index in [4.69, 9.17) is 5.73 Å². The molecule has 2 nitrogen and oxygen atoms in total. The Morgan fingerprint density at radius 1 is 1.06 bits per heavy atom. The lowest BCUT2D eigenvalue weighted by Crippen LogP contribution is -2.06. The highest BCUT2D eigenvalue weighted by molar-refractivity contribution is 5.57. The molecule has 0 atom stereocenters. The first-order valence-corrected chi connectivity index (χ1v) is 5.89. The van der Waals surface area contributed by atoms with Gasteiger partial charge in [-0.25, -0.2) is 0 Å². The molecule has 0 saturated heterocycles. The van der Waals surface area contributed by atoms with Gasteiger partial charge in [0.2, 0.25) is 0 Å². The van der Waals surface area contributed by atoms with Crippen LogP contribution in [0.25, 0.3) is 0 Å². The summed E-state index contributed by atoms with van der Waals surface area (Å²) in [5.74, 6) is 0. The van der Waals surface area contributed by atoms with Crippen molar-refractivity contribution in [3.8, 4) is 0 Å². The Labute approximate surface area is 102 Å². The standard InChI is InChI=1S/C15H18N2/c1-12-11-14(16)7-8-15(12)17-10-9-13-5-3-2-4-6-13/h2-8,11,17H,9-10,16H2,1H3. The van der Waals surface area contributed by atoms with Crippen molar-refractivity contribution in [2.75, 3.05) is 17.6 Å². The van der Waals surface area contributed by atoms with Crippen molar-refractivity contribution >= 4 is 11.4 Å². The van der Waals surface area contributed by atoms with Crippen LogP contribution in [0.15, 0.2) is 48.5 Å². The summed E-state index contributed by atoms with van der Waals surface area (Å²) in [6.07, 6.45) is 1.03. The maximum absolute atomic E-state index is 5.72. The number of anilines is 2. The number of rotatable bonds is 4. The van der Waals surface area contributed by atoms with Gasteiger partial charge in [0, 0.05) is 17.9 Å². The third kappa shape index (κ3) is 3.25. The number of nitrogen functional groups attached to an aromatic ring is 1. The molecule has 0 radical (unpaired) electrons. The summed E-state index contributed by atoms with van der Waals surface area (Å²) in [4.78, 5) is 0. The second kappa shape index (κ2) is 5.39. The summed E-state index contributed by atoms with van der Waals surface area (Å²) in [5, 5.41) is 3.43. The Morgan fingerprint density at radius 2 is 1.82 bits per heavy atom. The van der Waals surface area contributed by atoms with Crippen molar-refractivity contribution in [2.24, 2.45) is 0 Å². The Morgan fingerprint density at radius 3 is 2.53 bits per heavy atom. The van der Waals surface area contributed by atoms with Crippen molar-refractivity contribution in [3.63, 3.8) is 0 Å². The van der Waals surface area contributed by atoms with Gasteiger partial charge in [-0.3, -0.25) is 0 Å². The van der Waals surface area contributed by atoms with Crippen LogP contribution in [0.3, 0.4) is 0 Å². The van der Waals surface area contributed by atoms with E-state index in [0.29, 0.717) is 0 Å². The van der Waals surface area contributed by atoms with Crippen LogP contribution in [-0.2, 0) is 6.42 Å². The Bertz CT molecular complexity index is 478. The molecule has 0 aliphatic carbocycles. The van der Waals surface area contributed by atoms with E-state index in [9.17, 15) is 0 Å². The highest BCUT2D eigenvalue weighted by Crippen LogP contribution is 2.17. The van der Waals surface area contributed by atoms with Gasteiger partial charge in [0.1, 0.15) is 0 Å². The molecule has 0 amide bonds. The van der Waals surface area contributed by atoms with Crippen LogP contribution in [0, 0.1) is 6.92 Å². The number of benzene rings is 2. The molecule has 2 aromatic rings. The molecular weight excluding hydrogens is 208 g/mol.